The van der Waals surface area contributed by atoms with Crippen LogP contribution >= 0.6 is 27.5 Å². The van der Waals surface area contributed by atoms with E-state index in [9.17, 15) is 9.59 Å². The number of nitrogens with zero attached hydrogens (tertiary/aromatic N) is 1. The molecule has 2 N–H and O–H groups in total. The minimum atomic E-state index is -0.562. The van der Waals surface area contributed by atoms with Gasteiger partial charge in [-0.1, -0.05) is 82.1 Å². The third-order valence-corrected chi connectivity index (χ3v) is 4.83. The fourth-order valence-corrected chi connectivity index (χ4v) is 2.97. The molecule has 0 spiro atoms. The van der Waals surface area contributed by atoms with E-state index in [1.807, 2.05) is 54.6 Å². The zero-order valence-corrected chi connectivity index (χ0v) is 18.0. The molecule has 7 heteroatoms. The van der Waals surface area contributed by atoms with Gasteiger partial charge in [0, 0.05) is 4.47 Å². The Balaban J connectivity index is 1.79. The molecular weight excluding hydrogens is 466 g/mol. The van der Waals surface area contributed by atoms with Gasteiger partial charge in [-0.2, -0.15) is 5.10 Å². The van der Waals surface area contributed by atoms with E-state index in [4.69, 9.17) is 11.6 Å². The van der Waals surface area contributed by atoms with Crippen LogP contribution in [-0.4, -0.2) is 18.0 Å². The summed E-state index contributed by atoms with van der Waals surface area (Å²) in [4.78, 5) is 25.3. The Kier molecular flexibility index (Phi) is 7.54. The average molecular weight is 483 g/mol. The molecule has 150 valence electrons. The molecule has 0 saturated carbocycles. The molecule has 0 aliphatic carbocycles. The molecule has 2 amide bonds. The second-order valence-corrected chi connectivity index (χ2v) is 7.48. The predicted molar refractivity (Wildman–Crippen MR) is 123 cm³/mol. The summed E-state index contributed by atoms with van der Waals surface area (Å²) < 4.78 is 0.944. The maximum atomic E-state index is 12.7. The van der Waals surface area contributed by atoms with Crippen LogP contribution < -0.4 is 10.7 Å². The van der Waals surface area contributed by atoms with Gasteiger partial charge in [-0.25, -0.2) is 5.43 Å². The van der Waals surface area contributed by atoms with Gasteiger partial charge in [0.05, 0.1) is 16.8 Å². The van der Waals surface area contributed by atoms with Gasteiger partial charge >= 0.3 is 0 Å². The molecule has 0 atom stereocenters. The quantitative estimate of drug-likeness (QED) is 0.294. The highest BCUT2D eigenvalue weighted by Gasteiger charge is 2.16. The van der Waals surface area contributed by atoms with Gasteiger partial charge < -0.3 is 5.32 Å². The third kappa shape index (κ3) is 6.14. The van der Waals surface area contributed by atoms with Crippen molar-refractivity contribution in [2.75, 3.05) is 0 Å². The van der Waals surface area contributed by atoms with Gasteiger partial charge in [0.15, 0.2) is 0 Å². The van der Waals surface area contributed by atoms with Gasteiger partial charge in [0.1, 0.15) is 5.70 Å². The van der Waals surface area contributed by atoms with Crippen molar-refractivity contribution >= 4 is 51.6 Å². The van der Waals surface area contributed by atoms with Crippen LogP contribution in [-0.2, 0) is 4.79 Å². The highest BCUT2D eigenvalue weighted by atomic mass is 79.9. The average Bonchev–Trinajstić information content (AvgIpc) is 2.75. The van der Waals surface area contributed by atoms with E-state index in [1.165, 1.54) is 6.21 Å². The topological polar surface area (TPSA) is 70.6 Å². The number of hydrazone groups is 1. The van der Waals surface area contributed by atoms with E-state index in [0.29, 0.717) is 5.02 Å². The number of rotatable bonds is 6. The van der Waals surface area contributed by atoms with Crippen molar-refractivity contribution in [3.8, 4) is 0 Å². The van der Waals surface area contributed by atoms with Crippen LogP contribution in [0.15, 0.2) is 94.1 Å². The molecule has 0 aliphatic rings. The van der Waals surface area contributed by atoms with Crippen LogP contribution in [0.2, 0.25) is 5.02 Å². The lowest BCUT2D eigenvalue weighted by Crippen LogP contribution is -2.33. The van der Waals surface area contributed by atoms with Crippen molar-refractivity contribution in [2.24, 2.45) is 5.10 Å². The zero-order chi connectivity index (χ0) is 21.3. The van der Waals surface area contributed by atoms with Crippen molar-refractivity contribution < 1.29 is 9.59 Å². The Hall–Kier alpha value is -3.22. The molecule has 5 nitrogen and oxygen atoms in total. The van der Waals surface area contributed by atoms with Crippen molar-refractivity contribution in [1.29, 1.82) is 0 Å². The smallest absolute Gasteiger partial charge is 0.287 e. The third-order valence-electron chi connectivity index (χ3n) is 3.97. The summed E-state index contributed by atoms with van der Waals surface area (Å²) in [5.74, 6) is -1.05. The summed E-state index contributed by atoms with van der Waals surface area (Å²) in [7, 11) is 0. The first kappa shape index (κ1) is 21.5. The molecule has 0 fully saturated rings. The predicted octanol–water partition coefficient (Wildman–Crippen LogP) is 5.02. The number of nitrogens with one attached hydrogen (secondary N) is 2. The summed E-state index contributed by atoms with van der Waals surface area (Å²) in [5, 5.41) is 6.89. The maximum absolute atomic E-state index is 12.7. The molecule has 0 aliphatic heterocycles. The van der Waals surface area contributed by atoms with E-state index in [0.717, 1.165) is 15.6 Å². The molecular formula is C23H17BrClN3O2. The zero-order valence-electron chi connectivity index (χ0n) is 15.7. The van der Waals surface area contributed by atoms with Crippen molar-refractivity contribution in [3.63, 3.8) is 0 Å². The summed E-state index contributed by atoms with van der Waals surface area (Å²) in [6, 6.07) is 23.2. The summed E-state index contributed by atoms with van der Waals surface area (Å²) in [6.45, 7) is 0. The van der Waals surface area contributed by atoms with Crippen LogP contribution in [0, 0.1) is 0 Å². The molecule has 0 aromatic heterocycles. The number of carbonyl (C=O) groups is 2. The normalized spacial score (nSPS) is 11.3. The first-order valence-electron chi connectivity index (χ1n) is 8.94. The van der Waals surface area contributed by atoms with E-state index >= 15 is 0 Å². The van der Waals surface area contributed by atoms with Crippen LogP contribution in [0.5, 0.6) is 0 Å². The summed E-state index contributed by atoms with van der Waals surface area (Å²) >= 11 is 9.46. The van der Waals surface area contributed by atoms with Crippen LogP contribution in [0.3, 0.4) is 0 Å². The fourth-order valence-electron chi connectivity index (χ4n) is 2.48. The molecule has 0 saturated heterocycles. The first-order chi connectivity index (χ1) is 14.5. The maximum Gasteiger partial charge on any atom is 0.287 e. The number of halogens is 2. The lowest BCUT2D eigenvalue weighted by Gasteiger charge is -2.10. The first-order valence-corrected chi connectivity index (χ1v) is 10.1. The molecule has 3 rings (SSSR count). The van der Waals surface area contributed by atoms with Gasteiger partial charge in [0.25, 0.3) is 11.8 Å². The van der Waals surface area contributed by atoms with Crippen molar-refractivity contribution in [3.05, 3.63) is 111 Å². The molecule has 0 unspecified atom stereocenters. The van der Waals surface area contributed by atoms with Gasteiger partial charge in [-0.05, 0) is 41.5 Å². The molecule has 3 aromatic rings. The SMILES string of the molecule is O=C(N/N=C\c1ccc(Br)cc1)/C(=C/c1ccccc1)NC(=O)c1ccccc1Cl. The molecule has 3 aromatic carbocycles. The van der Waals surface area contributed by atoms with Crippen molar-refractivity contribution in [2.45, 2.75) is 0 Å². The molecule has 0 radical (unpaired) electrons. The fraction of sp³-hybridized carbons (Fsp3) is 0. The molecule has 0 heterocycles. The monoisotopic (exact) mass is 481 g/mol. The lowest BCUT2D eigenvalue weighted by molar-refractivity contribution is -0.117. The largest absolute Gasteiger partial charge is 0.317 e. The van der Waals surface area contributed by atoms with Crippen LogP contribution in [0.25, 0.3) is 6.08 Å². The van der Waals surface area contributed by atoms with Crippen LogP contribution in [0.1, 0.15) is 21.5 Å². The van der Waals surface area contributed by atoms with Gasteiger partial charge in [0.2, 0.25) is 0 Å². The summed E-state index contributed by atoms with van der Waals surface area (Å²) in [6.07, 6.45) is 3.08. The van der Waals surface area contributed by atoms with Gasteiger partial charge in [-0.3, -0.25) is 9.59 Å². The van der Waals surface area contributed by atoms with Crippen molar-refractivity contribution in [1.82, 2.24) is 10.7 Å². The van der Waals surface area contributed by atoms with E-state index in [-0.39, 0.29) is 11.3 Å². The molecule has 30 heavy (non-hydrogen) atoms. The highest BCUT2D eigenvalue weighted by Crippen LogP contribution is 2.15. The Morgan fingerprint density at radius 3 is 2.23 bits per heavy atom. The lowest BCUT2D eigenvalue weighted by atomic mass is 10.1. The van der Waals surface area contributed by atoms with E-state index < -0.39 is 11.8 Å². The number of hydrogen-bond donors (Lipinski definition) is 2. The van der Waals surface area contributed by atoms with Crippen LogP contribution in [0.4, 0.5) is 0 Å². The Morgan fingerprint density at radius 1 is 0.867 bits per heavy atom. The minimum Gasteiger partial charge on any atom is -0.317 e. The van der Waals surface area contributed by atoms with Gasteiger partial charge in [-0.15, -0.1) is 0 Å². The second-order valence-electron chi connectivity index (χ2n) is 6.15. The number of amides is 2. The molecule has 0 bridgehead atoms. The second kappa shape index (κ2) is 10.5. The summed E-state index contributed by atoms with van der Waals surface area (Å²) in [5.41, 5.74) is 4.31. The van der Waals surface area contributed by atoms with E-state index in [2.05, 4.69) is 31.8 Å². The number of carbonyl (C=O) groups excluding carboxylic acids is 2. The minimum absolute atomic E-state index is 0.0408. The Labute approximate surface area is 187 Å². The highest BCUT2D eigenvalue weighted by molar-refractivity contribution is 9.10. The standard InChI is InChI=1S/C23H17BrClN3O2/c24-18-12-10-17(11-13-18)15-26-28-23(30)21(14-16-6-2-1-3-7-16)27-22(29)19-8-4-5-9-20(19)25/h1-15H,(H,27,29)(H,28,30)/b21-14-,26-15-. The Morgan fingerprint density at radius 2 is 1.53 bits per heavy atom. The number of benzene rings is 3. The van der Waals surface area contributed by atoms with E-state index in [1.54, 1.807) is 30.3 Å². The Bertz CT molecular complexity index is 1100. The number of hydrogen-bond acceptors (Lipinski definition) is 3.